The number of halogens is 1. The van der Waals surface area contributed by atoms with E-state index in [0.717, 1.165) is 25.4 Å². The van der Waals surface area contributed by atoms with Crippen LogP contribution in [-0.4, -0.2) is 38.5 Å². The van der Waals surface area contributed by atoms with Crippen LogP contribution in [0.2, 0.25) is 0 Å². The quantitative estimate of drug-likeness (QED) is 0.646. The number of piperidine rings is 1. The predicted octanol–water partition coefficient (Wildman–Crippen LogP) is 3.99. The van der Waals surface area contributed by atoms with Crippen LogP contribution in [0.3, 0.4) is 0 Å². The Balaban J connectivity index is 1.43. The third-order valence-corrected chi connectivity index (χ3v) is 6.51. The van der Waals surface area contributed by atoms with Gasteiger partial charge in [0.1, 0.15) is 5.82 Å². The number of nitrogen functional groups attached to an aromatic ring is 1. The highest BCUT2D eigenvalue weighted by Gasteiger charge is 2.33. The second kappa shape index (κ2) is 6.92. The van der Waals surface area contributed by atoms with Gasteiger partial charge in [0.05, 0.1) is 0 Å². The molecule has 146 valence electrons. The number of hydrogen-bond donors (Lipinski definition) is 1. The largest absolute Gasteiger partial charge is 0.446 e. The average Bonchev–Trinajstić information content (AvgIpc) is 3.33. The lowest BCUT2D eigenvalue weighted by molar-refractivity contribution is 0.0521. The maximum atomic E-state index is 13.1. The predicted molar refractivity (Wildman–Crippen MR) is 109 cm³/mol. The van der Waals surface area contributed by atoms with Crippen LogP contribution in [0.5, 0.6) is 0 Å². The van der Waals surface area contributed by atoms with Crippen molar-refractivity contribution in [2.24, 2.45) is 11.8 Å². The molecule has 3 aromatic heterocycles. The molecule has 8 heteroatoms. The van der Waals surface area contributed by atoms with E-state index in [1.54, 1.807) is 24.3 Å². The lowest BCUT2D eigenvalue weighted by Gasteiger charge is -2.41. The van der Waals surface area contributed by atoms with Gasteiger partial charge in [0.25, 0.3) is 5.91 Å². The Labute approximate surface area is 171 Å². The molecule has 7 nitrogen and oxygen atoms in total. The minimum absolute atomic E-state index is 0.0310. The molecule has 4 heterocycles. The molecule has 0 spiro atoms. The Hall–Kier alpha value is -2.35. The number of nitrogens with two attached hydrogens (primary N) is 1. The first-order valence-electron chi connectivity index (χ1n) is 9.80. The van der Waals surface area contributed by atoms with Crippen molar-refractivity contribution < 1.29 is 9.21 Å². The fourth-order valence-electron chi connectivity index (χ4n) is 4.64. The number of aromatic nitrogens is 3. The minimum atomic E-state index is 0.0310. The first kappa shape index (κ1) is 17.7. The minimum Gasteiger partial charge on any atom is -0.446 e. The Morgan fingerprint density at radius 2 is 2.00 bits per heavy atom. The summed E-state index contributed by atoms with van der Waals surface area (Å²) in [5.41, 5.74) is 7.29. The molecule has 28 heavy (non-hydrogen) atoms. The molecule has 1 saturated carbocycles. The zero-order valence-corrected chi connectivity index (χ0v) is 17.1. The highest BCUT2D eigenvalue weighted by molar-refractivity contribution is 9.10. The highest BCUT2D eigenvalue weighted by Crippen LogP contribution is 2.36. The van der Waals surface area contributed by atoms with Crippen molar-refractivity contribution in [1.29, 1.82) is 0 Å². The molecule has 0 radical (unpaired) electrons. The standard InChI is InChI=1S/C20H22BrN5O2/c21-16-6-5-15(28-16)19-23-18-10-14(9-17(22)26(18)24-19)20(27)25-8-7-12-3-1-2-4-13(12)11-25/h5-6,9-10,12-13H,1-4,7-8,11,22H2. The van der Waals surface area contributed by atoms with Gasteiger partial charge in [0, 0.05) is 18.7 Å². The summed E-state index contributed by atoms with van der Waals surface area (Å²) in [4.78, 5) is 19.6. The monoisotopic (exact) mass is 443 g/mol. The Morgan fingerprint density at radius 3 is 2.79 bits per heavy atom. The molecule has 1 amide bonds. The van der Waals surface area contributed by atoms with Gasteiger partial charge < -0.3 is 15.1 Å². The molecule has 2 N–H and O–H groups in total. The number of carbonyl (C=O) groups is 1. The van der Waals surface area contributed by atoms with E-state index in [-0.39, 0.29) is 5.91 Å². The second-order valence-corrected chi connectivity index (χ2v) is 8.60. The summed E-state index contributed by atoms with van der Waals surface area (Å²) in [7, 11) is 0. The Bertz CT molecular complexity index is 1040. The summed E-state index contributed by atoms with van der Waals surface area (Å²) in [6.45, 7) is 1.68. The molecule has 0 aromatic carbocycles. The van der Waals surface area contributed by atoms with E-state index >= 15 is 0 Å². The van der Waals surface area contributed by atoms with Crippen molar-refractivity contribution in [2.45, 2.75) is 32.1 Å². The molecule has 1 aliphatic carbocycles. The van der Waals surface area contributed by atoms with E-state index in [1.807, 2.05) is 4.90 Å². The van der Waals surface area contributed by atoms with Crippen LogP contribution in [0.15, 0.2) is 33.4 Å². The summed E-state index contributed by atoms with van der Waals surface area (Å²) in [6.07, 6.45) is 6.28. The SMILES string of the molecule is Nc1cc(C(=O)N2CCC3CCCCC3C2)cc2nc(-c3ccc(Br)o3)nn12. The zero-order valence-electron chi connectivity index (χ0n) is 15.5. The van der Waals surface area contributed by atoms with Crippen molar-refractivity contribution >= 4 is 33.3 Å². The number of pyridine rings is 1. The molecule has 2 aliphatic rings. The molecule has 3 aromatic rings. The molecule has 2 fully saturated rings. The van der Waals surface area contributed by atoms with Gasteiger partial charge in [0.15, 0.2) is 16.1 Å². The number of nitrogens with zero attached hydrogens (tertiary/aromatic N) is 4. The normalized spacial score (nSPS) is 22.4. The Kier molecular flexibility index (Phi) is 4.38. The topological polar surface area (TPSA) is 89.7 Å². The number of hydrogen-bond acceptors (Lipinski definition) is 5. The molecule has 5 rings (SSSR count). The van der Waals surface area contributed by atoms with Crippen molar-refractivity contribution in [1.82, 2.24) is 19.5 Å². The van der Waals surface area contributed by atoms with E-state index in [0.29, 0.717) is 39.2 Å². The number of furan rings is 1. The summed E-state index contributed by atoms with van der Waals surface area (Å²) < 4.78 is 7.67. The van der Waals surface area contributed by atoms with Crippen molar-refractivity contribution in [3.8, 4) is 11.6 Å². The van der Waals surface area contributed by atoms with Crippen LogP contribution >= 0.6 is 15.9 Å². The number of anilines is 1. The zero-order chi connectivity index (χ0) is 19.3. The van der Waals surface area contributed by atoms with Crippen LogP contribution < -0.4 is 5.73 Å². The second-order valence-electron chi connectivity index (χ2n) is 7.82. The van der Waals surface area contributed by atoms with Gasteiger partial charge in [-0.1, -0.05) is 19.3 Å². The van der Waals surface area contributed by atoms with Gasteiger partial charge in [-0.25, -0.2) is 4.98 Å². The van der Waals surface area contributed by atoms with Crippen LogP contribution in [0, 0.1) is 11.8 Å². The van der Waals surface area contributed by atoms with Crippen molar-refractivity contribution in [2.75, 3.05) is 18.8 Å². The number of fused-ring (bicyclic) bond motifs is 2. The summed E-state index contributed by atoms with van der Waals surface area (Å²) in [6, 6.07) is 7.03. The Morgan fingerprint density at radius 1 is 1.18 bits per heavy atom. The van der Waals surface area contributed by atoms with Gasteiger partial charge in [-0.05, 0) is 64.9 Å². The number of likely N-dealkylation sites (tertiary alicyclic amines) is 1. The molecule has 1 saturated heterocycles. The molecule has 0 bridgehead atoms. The van der Waals surface area contributed by atoms with Gasteiger partial charge >= 0.3 is 0 Å². The summed E-state index contributed by atoms with van der Waals surface area (Å²) in [5.74, 6) is 2.83. The van der Waals surface area contributed by atoms with Gasteiger partial charge in [0.2, 0.25) is 5.82 Å². The van der Waals surface area contributed by atoms with E-state index in [2.05, 4.69) is 26.0 Å². The maximum absolute atomic E-state index is 13.1. The van der Waals surface area contributed by atoms with Crippen LogP contribution in [0.25, 0.3) is 17.2 Å². The van der Waals surface area contributed by atoms with Crippen LogP contribution in [0.1, 0.15) is 42.5 Å². The van der Waals surface area contributed by atoms with E-state index < -0.39 is 0 Å². The van der Waals surface area contributed by atoms with Gasteiger partial charge in [-0.2, -0.15) is 4.52 Å². The number of carbonyl (C=O) groups excluding carboxylic acids is 1. The molecular formula is C20H22BrN5O2. The van der Waals surface area contributed by atoms with Crippen LogP contribution in [0.4, 0.5) is 5.82 Å². The first-order valence-corrected chi connectivity index (χ1v) is 10.6. The highest BCUT2D eigenvalue weighted by atomic mass is 79.9. The summed E-state index contributed by atoms with van der Waals surface area (Å²) in [5, 5.41) is 4.40. The smallest absolute Gasteiger partial charge is 0.254 e. The maximum Gasteiger partial charge on any atom is 0.254 e. The van der Waals surface area contributed by atoms with E-state index in [9.17, 15) is 4.79 Å². The van der Waals surface area contributed by atoms with Crippen molar-refractivity contribution in [3.05, 3.63) is 34.5 Å². The van der Waals surface area contributed by atoms with Crippen LogP contribution in [-0.2, 0) is 0 Å². The lowest BCUT2D eigenvalue weighted by atomic mass is 9.75. The molecular weight excluding hydrogens is 422 g/mol. The fraction of sp³-hybridized carbons (Fsp3) is 0.450. The third kappa shape index (κ3) is 3.09. The fourth-order valence-corrected chi connectivity index (χ4v) is 4.95. The molecule has 2 atom stereocenters. The lowest BCUT2D eigenvalue weighted by Crippen LogP contribution is -2.44. The number of amides is 1. The first-order chi connectivity index (χ1) is 13.6. The summed E-state index contributed by atoms with van der Waals surface area (Å²) >= 11 is 3.28. The number of rotatable bonds is 2. The van der Waals surface area contributed by atoms with Gasteiger partial charge in [-0.15, -0.1) is 5.10 Å². The average molecular weight is 444 g/mol. The molecule has 2 unspecified atom stereocenters. The molecule has 1 aliphatic heterocycles. The van der Waals surface area contributed by atoms with Gasteiger partial charge in [-0.3, -0.25) is 4.79 Å². The van der Waals surface area contributed by atoms with Crippen molar-refractivity contribution in [3.63, 3.8) is 0 Å². The van der Waals surface area contributed by atoms with E-state index in [4.69, 9.17) is 10.2 Å². The third-order valence-electron chi connectivity index (χ3n) is 6.08. The van der Waals surface area contributed by atoms with E-state index in [1.165, 1.54) is 30.2 Å².